The summed E-state index contributed by atoms with van der Waals surface area (Å²) in [5, 5.41) is 2.99. The highest BCUT2D eigenvalue weighted by Gasteiger charge is 2.35. The molecular formula is C15H21F3N4O2S. The van der Waals surface area contributed by atoms with Crippen molar-refractivity contribution in [3.8, 4) is 0 Å². The van der Waals surface area contributed by atoms with Crippen LogP contribution in [0.15, 0.2) is 11.4 Å². The summed E-state index contributed by atoms with van der Waals surface area (Å²) < 4.78 is 44.4. The first-order valence-corrected chi connectivity index (χ1v) is 9.22. The predicted octanol–water partition coefficient (Wildman–Crippen LogP) is 2.66. The minimum absolute atomic E-state index is 0.0611. The van der Waals surface area contributed by atoms with Gasteiger partial charge in [0.05, 0.1) is 6.61 Å². The minimum Gasteiger partial charge on any atom is -0.380 e. The lowest BCUT2D eigenvalue weighted by Gasteiger charge is -2.25. The third-order valence-electron chi connectivity index (χ3n) is 3.69. The Bertz CT molecular complexity index is 586. The molecule has 2 heterocycles. The molecular weight excluding hydrogens is 357 g/mol. The van der Waals surface area contributed by atoms with Crippen molar-refractivity contribution >= 4 is 23.5 Å². The number of thioether (sulfide) groups is 1. The van der Waals surface area contributed by atoms with Crippen LogP contribution < -0.4 is 5.32 Å². The highest BCUT2D eigenvalue weighted by Crippen LogP contribution is 2.33. The van der Waals surface area contributed by atoms with Gasteiger partial charge in [-0.15, -0.1) is 0 Å². The summed E-state index contributed by atoms with van der Waals surface area (Å²) in [5.41, 5.74) is -0.888. The van der Waals surface area contributed by atoms with Gasteiger partial charge in [-0.25, -0.2) is 9.97 Å². The van der Waals surface area contributed by atoms with E-state index in [9.17, 15) is 18.0 Å². The Hall–Kier alpha value is -1.55. The third kappa shape index (κ3) is 6.03. The molecule has 1 aromatic heterocycles. The summed E-state index contributed by atoms with van der Waals surface area (Å²) in [6.45, 7) is 2.33. The molecule has 1 aliphatic rings. The van der Waals surface area contributed by atoms with Gasteiger partial charge in [0.15, 0.2) is 5.16 Å². The average Bonchev–Trinajstić information content (AvgIpc) is 2.56. The van der Waals surface area contributed by atoms with Crippen LogP contribution in [0, 0.1) is 0 Å². The maximum atomic E-state index is 13.0. The van der Waals surface area contributed by atoms with E-state index in [0.29, 0.717) is 45.6 Å². The van der Waals surface area contributed by atoms with Gasteiger partial charge in [-0.2, -0.15) is 13.2 Å². The number of carbonyl (C=O) groups excluding carboxylic acids is 1. The number of carbonyl (C=O) groups is 1. The quantitative estimate of drug-likeness (QED) is 0.466. The molecule has 0 bridgehead atoms. The molecule has 1 N–H and O–H groups in total. The van der Waals surface area contributed by atoms with Crippen LogP contribution in [0.4, 0.5) is 19.0 Å². The van der Waals surface area contributed by atoms with E-state index in [-0.39, 0.29) is 23.4 Å². The Balaban J connectivity index is 1.91. The molecule has 0 aliphatic carbocycles. The van der Waals surface area contributed by atoms with Gasteiger partial charge in [0, 0.05) is 38.9 Å². The van der Waals surface area contributed by atoms with E-state index >= 15 is 0 Å². The van der Waals surface area contributed by atoms with Crippen molar-refractivity contribution in [3.05, 3.63) is 11.8 Å². The largest absolute Gasteiger partial charge is 0.421 e. The van der Waals surface area contributed by atoms with Crippen LogP contribution in [0.3, 0.4) is 0 Å². The smallest absolute Gasteiger partial charge is 0.380 e. The summed E-state index contributed by atoms with van der Waals surface area (Å²) in [5.74, 6) is -0.167. The number of nitrogens with zero attached hydrogens (tertiary/aromatic N) is 3. The average molecular weight is 378 g/mol. The fourth-order valence-corrected chi connectivity index (χ4v) is 2.75. The number of anilines is 1. The van der Waals surface area contributed by atoms with E-state index < -0.39 is 11.7 Å². The Morgan fingerprint density at radius 3 is 2.92 bits per heavy atom. The van der Waals surface area contributed by atoms with Gasteiger partial charge in [0.1, 0.15) is 11.4 Å². The molecule has 0 aromatic carbocycles. The second-order valence-electron chi connectivity index (χ2n) is 5.49. The summed E-state index contributed by atoms with van der Waals surface area (Å²) in [6, 6.07) is 0. The monoisotopic (exact) mass is 378 g/mol. The van der Waals surface area contributed by atoms with Crippen LogP contribution >= 0.6 is 11.8 Å². The van der Waals surface area contributed by atoms with Crippen molar-refractivity contribution < 1.29 is 22.7 Å². The molecule has 0 atom stereocenters. The van der Waals surface area contributed by atoms with E-state index in [0.717, 1.165) is 6.20 Å². The van der Waals surface area contributed by atoms with Crippen LogP contribution in [0.1, 0.15) is 24.8 Å². The number of nitrogens with one attached hydrogen (secondary N) is 1. The molecule has 0 saturated carbocycles. The number of amides is 1. The molecule has 1 aromatic rings. The number of aromatic nitrogens is 2. The SMILES string of the molecule is CSc1ncc(C(F)(F)F)c(NCCCN2CCOCCCC2=O)n1. The van der Waals surface area contributed by atoms with Crippen LogP contribution in [-0.2, 0) is 15.7 Å². The summed E-state index contributed by atoms with van der Waals surface area (Å²) in [4.78, 5) is 21.3. The first-order chi connectivity index (χ1) is 11.9. The zero-order valence-electron chi connectivity index (χ0n) is 13.9. The first-order valence-electron chi connectivity index (χ1n) is 7.99. The van der Waals surface area contributed by atoms with Crippen molar-refractivity contribution in [1.29, 1.82) is 0 Å². The van der Waals surface area contributed by atoms with Gasteiger partial charge in [-0.3, -0.25) is 4.79 Å². The van der Waals surface area contributed by atoms with Crippen LogP contribution in [0.25, 0.3) is 0 Å². The Morgan fingerprint density at radius 1 is 1.40 bits per heavy atom. The van der Waals surface area contributed by atoms with Gasteiger partial charge in [0.25, 0.3) is 0 Å². The maximum Gasteiger partial charge on any atom is 0.421 e. The molecule has 1 saturated heterocycles. The number of hydrogen-bond acceptors (Lipinski definition) is 6. The van der Waals surface area contributed by atoms with Gasteiger partial charge in [0.2, 0.25) is 5.91 Å². The van der Waals surface area contributed by atoms with Gasteiger partial charge < -0.3 is 15.0 Å². The van der Waals surface area contributed by atoms with E-state index in [1.807, 2.05) is 0 Å². The minimum atomic E-state index is -4.52. The zero-order chi connectivity index (χ0) is 18.3. The fraction of sp³-hybridized carbons (Fsp3) is 0.667. The van der Waals surface area contributed by atoms with Gasteiger partial charge in [-0.05, 0) is 19.1 Å². The molecule has 2 rings (SSSR count). The number of rotatable bonds is 6. The van der Waals surface area contributed by atoms with Gasteiger partial charge in [-0.1, -0.05) is 11.8 Å². The Kier molecular flexibility index (Phi) is 7.30. The fourth-order valence-electron chi connectivity index (χ4n) is 2.40. The maximum absolute atomic E-state index is 13.0. The van der Waals surface area contributed by atoms with Gasteiger partial charge >= 0.3 is 6.18 Å². The molecule has 6 nitrogen and oxygen atoms in total. The van der Waals surface area contributed by atoms with E-state index in [1.54, 1.807) is 11.2 Å². The number of halogens is 3. The normalized spacial score (nSPS) is 16.5. The van der Waals surface area contributed by atoms with Crippen molar-refractivity contribution in [2.45, 2.75) is 30.6 Å². The second kappa shape index (κ2) is 9.23. The molecule has 140 valence electrons. The van der Waals surface area contributed by atoms with Crippen LogP contribution in [0.2, 0.25) is 0 Å². The van der Waals surface area contributed by atoms with Crippen molar-refractivity contribution in [2.75, 3.05) is 44.4 Å². The first kappa shape index (κ1) is 19.8. The zero-order valence-corrected chi connectivity index (χ0v) is 14.8. The number of alkyl halides is 3. The summed E-state index contributed by atoms with van der Waals surface area (Å²) in [7, 11) is 0. The van der Waals surface area contributed by atoms with E-state index in [1.165, 1.54) is 11.8 Å². The topological polar surface area (TPSA) is 67.3 Å². The number of hydrogen-bond donors (Lipinski definition) is 1. The molecule has 0 radical (unpaired) electrons. The van der Waals surface area contributed by atoms with Crippen LogP contribution in [0.5, 0.6) is 0 Å². The summed E-state index contributed by atoms with van der Waals surface area (Å²) in [6.07, 6.45) is -0.380. The van der Waals surface area contributed by atoms with Crippen molar-refractivity contribution in [3.63, 3.8) is 0 Å². The van der Waals surface area contributed by atoms with E-state index in [4.69, 9.17) is 4.74 Å². The highest BCUT2D eigenvalue weighted by atomic mass is 32.2. The molecule has 0 unspecified atom stereocenters. The number of ether oxygens (including phenoxy) is 1. The summed E-state index contributed by atoms with van der Waals surface area (Å²) >= 11 is 1.17. The molecule has 1 amide bonds. The molecule has 25 heavy (non-hydrogen) atoms. The second-order valence-corrected chi connectivity index (χ2v) is 6.27. The molecule has 10 heteroatoms. The standard InChI is InChI=1S/C15H21F3N4O2S/c1-25-14-20-10-11(15(16,17)18)13(21-14)19-5-3-6-22-7-9-24-8-2-4-12(22)23/h10H,2-9H2,1H3,(H,19,20,21). The van der Waals surface area contributed by atoms with Crippen molar-refractivity contribution in [2.24, 2.45) is 0 Å². The van der Waals surface area contributed by atoms with Crippen LogP contribution in [-0.4, -0.2) is 59.9 Å². The highest BCUT2D eigenvalue weighted by molar-refractivity contribution is 7.98. The lowest BCUT2D eigenvalue weighted by atomic mass is 10.2. The Morgan fingerprint density at radius 2 is 2.20 bits per heavy atom. The Labute approximate surface area is 148 Å². The molecule has 1 fully saturated rings. The predicted molar refractivity (Wildman–Crippen MR) is 88.6 cm³/mol. The van der Waals surface area contributed by atoms with Crippen molar-refractivity contribution in [1.82, 2.24) is 14.9 Å². The third-order valence-corrected chi connectivity index (χ3v) is 4.25. The molecule has 1 aliphatic heterocycles. The lowest BCUT2D eigenvalue weighted by Crippen LogP contribution is -2.37. The van der Waals surface area contributed by atoms with E-state index in [2.05, 4.69) is 15.3 Å². The molecule has 0 spiro atoms. The lowest BCUT2D eigenvalue weighted by molar-refractivity contribution is -0.137.